The molecule has 0 aliphatic carbocycles. The molecule has 0 radical (unpaired) electrons. The van der Waals surface area contributed by atoms with Crippen LogP contribution in [0.15, 0.2) is 53.3 Å². The topological polar surface area (TPSA) is 116 Å². The molecule has 0 aliphatic heterocycles. The third-order valence-corrected chi connectivity index (χ3v) is 4.28. The van der Waals surface area contributed by atoms with Crippen LogP contribution in [0.3, 0.4) is 0 Å². The number of nitrogens with one attached hydrogen (secondary N) is 1. The number of hydrogen-bond acceptors (Lipinski definition) is 6. The van der Waals surface area contributed by atoms with Gasteiger partial charge in [0.05, 0.1) is 23.8 Å². The van der Waals surface area contributed by atoms with Crippen molar-refractivity contribution in [3.05, 3.63) is 85.8 Å². The van der Waals surface area contributed by atoms with Crippen LogP contribution in [-0.2, 0) is 0 Å². The van der Waals surface area contributed by atoms with E-state index in [0.29, 0.717) is 16.9 Å². The average molecular weight is 394 g/mol. The SMILES string of the molecule is COc1cc(=O)n(-c2ccc(C)cc2)nc1C(=O)Nc1ccc([N+](=O)[O-])cc1C. The number of hydrogen-bond donors (Lipinski definition) is 1. The summed E-state index contributed by atoms with van der Waals surface area (Å²) in [6, 6.07) is 12.4. The van der Waals surface area contributed by atoms with Crippen LogP contribution in [0.2, 0.25) is 0 Å². The van der Waals surface area contributed by atoms with Crippen LogP contribution in [0.4, 0.5) is 11.4 Å². The van der Waals surface area contributed by atoms with Crippen LogP contribution in [-0.4, -0.2) is 27.7 Å². The van der Waals surface area contributed by atoms with Gasteiger partial charge in [0.2, 0.25) is 0 Å². The van der Waals surface area contributed by atoms with Crippen LogP contribution in [0.1, 0.15) is 21.6 Å². The van der Waals surface area contributed by atoms with Crippen LogP contribution < -0.4 is 15.6 Å². The molecule has 0 atom stereocenters. The second-order valence-corrected chi connectivity index (χ2v) is 6.36. The van der Waals surface area contributed by atoms with Gasteiger partial charge in [0, 0.05) is 17.8 Å². The standard InChI is InChI=1S/C20H18N4O5/c1-12-4-6-14(7-5-12)23-18(25)11-17(29-3)19(22-23)20(26)21-16-9-8-15(24(27)28)10-13(16)2/h4-11H,1-3H3,(H,21,26). The predicted molar refractivity (Wildman–Crippen MR) is 107 cm³/mol. The van der Waals surface area contributed by atoms with Crippen molar-refractivity contribution >= 4 is 17.3 Å². The number of rotatable bonds is 5. The van der Waals surface area contributed by atoms with E-state index < -0.39 is 16.4 Å². The molecule has 0 unspecified atom stereocenters. The van der Waals surface area contributed by atoms with Gasteiger partial charge in [-0.05, 0) is 37.6 Å². The van der Waals surface area contributed by atoms with E-state index in [-0.39, 0.29) is 17.1 Å². The van der Waals surface area contributed by atoms with Gasteiger partial charge in [0.25, 0.3) is 17.2 Å². The Balaban J connectivity index is 2.00. The Morgan fingerprint density at radius 2 is 1.83 bits per heavy atom. The fraction of sp³-hybridized carbons (Fsp3) is 0.150. The van der Waals surface area contributed by atoms with Crippen LogP contribution in [0, 0.1) is 24.0 Å². The largest absolute Gasteiger partial charge is 0.494 e. The number of nitrogens with zero attached hydrogens (tertiary/aromatic N) is 3. The third-order valence-electron chi connectivity index (χ3n) is 4.28. The van der Waals surface area contributed by atoms with Crippen LogP contribution >= 0.6 is 0 Å². The van der Waals surface area contributed by atoms with Gasteiger partial charge >= 0.3 is 0 Å². The molecular formula is C20H18N4O5. The Morgan fingerprint density at radius 1 is 1.14 bits per heavy atom. The first kappa shape index (κ1) is 19.7. The second-order valence-electron chi connectivity index (χ2n) is 6.36. The molecule has 0 saturated heterocycles. The molecule has 0 spiro atoms. The Kier molecular flexibility index (Phi) is 5.40. The molecule has 148 valence electrons. The molecule has 29 heavy (non-hydrogen) atoms. The van der Waals surface area contributed by atoms with E-state index in [9.17, 15) is 19.7 Å². The van der Waals surface area contributed by atoms with Gasteiger partial charge in [-0.3, -0.25) is 19.7 Å². The Bertz CT molecular complexity index is 1150. The van der Waals surface area contributed by atoms with Crippen molar-refractivity contribution in [2.45, 2.75) is 13.8 Å². The summed E-state index contributed by atoms with van der Waals surface area (Å²) in [4.78, 5) is 35.6. The number of carbonyl (C=O) groups excluding carboxylic acids is 1. The molecule has 1 heterocycles. The minimum absolute atomic E-state index is 0.0235. The number of aromatic nitrogens is 2. The maximum Gasteiger partial charge on any atom is 0.280 e. The lowest BCUT2D eigenvalue weighted by molar-refractivity contribution is -0.384. The zero-order valence-corrected chi connectivity index (χ0v) is 16.0. The lowest BCUT2D eigenvalue weighted by Crippen LogP contribution is -2.26. The predicted octanol–water partition coefficient (Wildman–Crippen LogP) is 3.02. The third kappa shape index (κ3) is 4.13. The Labute approximate surface area is 165 Å². The van der Waals surface area contributed by atoms with Gasteiger partial charge < -0.3 is 10.1 Å². The summed E-state index contributed by atoms with van der Waals surface area (Å²) in [6.07, 6.45) is 0. The van der Waals surface area contributed by atoms with Crippen molar-refractivity contribution in [2.75, 3.05) is 12.4 Å². The first-order valence-corrected chi connectivity index (χ1v) is 8.62. The Morgan fingerprint density at radius 3 is 2.41 bits per heavy atom. The van der Waals surface area contributed by atoms with E-state index in [1.54, 1.807) is 19.1 Å². The zero-order chi connectivity index (χ0) is 21.1. The summed E-state index contributed by atoms with van der Waals surface area (Å²) in [5.74, 6) is -0.588. The number of methoxy groups -OCH3 is 1. The average Bonchev–Trinajstić information content (AvgIpc) is 2.69. The number of anilines is 1. The van der Waals surface area contributed by atoms with E-state index in [4.69, 9.17) is 4.74 Å². The first-order valence-electron chi connectivity index (χ1n) is 8.62. The molecule has 3 aromatic rings. The number of nitro groups is 1. The number of amides is 1. The number of carbonyl (C=O) groups is 1. The minimum Gasteiger partial charge on any atom is -0.494 e. The first-order chi connectivity index (χ1) is 13.8. The molecule has 9 heteroatoms. The van der Waals surface area contributed by atoms with Crippen LogP contribution in [0.5, 0.6) is 5.75 Å². The highest BCUT2D eigenvalue weighted by atomic mass is 16.6. The maximum absolute atomic E-state index is 12.8. The van der Waals surface area contributed by atoms with Crippen molar-refractivity contribution in [3.8, 4) is 11.4 Å². The molecule has 3 rings (SSSR count). The molecule has 0 aliphatic rings. The smallest absolute Gasteiger partial charge is 0.280 e. The van der Waals surface area contributed by atoms with Gasteiger partial charge in [0.1, 0.15) is 0 Å². The quantitative estimate of drug-likeness (QED) is 0.525. The molecule has 2 aromatic carbocycles. The molecule has 0 bridgehead atoms. The zero-order valence-electron chi connectivity index (χ0n) is 16.0. The lowest BCUT2D eigenvalue weighted by Gasteiger charge is -2.12. The lowest BCUT2D eigenvalue weighted by atomic mass is 10.1. The number of non-ortho nitro benzene ring substituents is 1. The van der Waals surface area contributed by atoms with Crippen molar-refractivity contribution in [3.63, 3.8) is 0 Å². The molecule has 1 aromatic heterocycles. The summed E-state index contributed by atoms with van der Waals surface area (Å²) in [5, 5.41) is 17.7. The fourth-order valence-corrected chi connectivity index (χ4v) is 2.71. The van der Waals surface area contributed by atoms with Crippen molar-refractivity contribution in [2.24, 2.45) is 0 Å². The van der Waals surface area contributed by atoms with Gasteiger partial charge in [-0.2, -0.15) is 9.78 Å². The highest BCUT2D eigenvalue weighted by Gasteiger charge is 2.19. The highest BCUT2D eigenvalue weighted by molar-refractivity contribution is 6.05. The summed E-state index contributed by atoms with van der Waals surface area (Å²) >= 11 is 0. The van der Waals surface area contributed by atoms with Gasteiger partial charge in [-0.15, -0.1) is 0 Å². The van der Waals surface area contributed by atoms with Crippen molar-refractivity contribution in [1.82, 2.24) is 9.78 Å². The Hall–Kier alpha value is -4.01. The van der Waals surface area contributed by atoms with Crippen molar-refractivity contribution < 1.29 is 14.5 Å². The number of nitro benzene ring substituents is 1. The summed E-state index contributed by atoms with van der Waals surface area (Å²) in [5.41, 5.74) is 1.80. The number of benzene rings is 2. The summed E-state index contributed by atoms with van der Waals surface area (Å²) in [6.45, 7) is 3.56. The minimum atomic E-state index is -0.611. The van der Waals surface area contributed by atoms with E-state index in [2.05, 4.69) is 10.4 Å². The van der Waals surface area contributed by atoms with Crippen LogP contribution in [0.25, 0.3) is 5.69 Å². The molecule has 0 fully saturated rings. The van der Waals surface area contributed by atoms with E-state index in [0.717, 1.165) is 10.2 Å². The monoisotopic (exact) mass is 394 g/mol. The number of aryl methyl sites for hydroxylation is 2. The fourth-order valence-electron chi connectivity index (χ4n) is 2.71. The highest BCUT2D eigenvalue weighted by Crippen LogP contribution is 2.23. The van der Waals surface area contributed by atoms with Crippen molar-refractivity contribution in [1.29, 1.82) is 0 Å². The van der Waals surface area contributed by atoms with E-state index in [1.165, 1.54) is 31.4 Å². The normalized spacial score (nSPS) is 10.4. The van der Waals surface area contributed by atoms with Gasteiger partial charge in [-0.1, -0.05) is 17.7 Å². The molecule has 0 saturated carbocycles. The van der Waals surface area contributed by atoms with E-state index >= 15 is 0 Å². The molecule has 9 nitrogen and oxygen atoms in total. The van der Waals surface area contributed by atoms with Gasteiger partial charge in [-0.25, -0.2) is 0 Å². The maximum atomic E-state index is 12.8. The molecule has 1 amide bonds. The van der Waals surface area contributed by atoms with E-state index in [1.807, 2.05) is 19.1 Å². The van der Waals surface area contributed by atoms with Gasteiger partial charge in [0.15, 0.2) is 11.4 Å². The molecule has 1 N–H and O–H groups in total. The summed E-state index contributed by atoms with van der Waals surface area (Å²) < 4.78 is 6.26. The molecular weight excluding hydrogens is 376 g/mol. The second kappa shape index (κ2) is 7.93. The summed E-state index contributed by atoms with van der Waals surface area (Å²) in [7, 11) is 1.33. The number of ether oxygens (including phenoxy) is 1.